The third kappa shape index (κ3) is 2.45. The molecule has 0 amide bonds. The van der Waals surface area contributed by atoms with Gasteiger partial charge in [-0.3, -0.25) is 0 Å². The number of ether oxygens (including phenoxy) is 2. The van der Waals surface area contributed by atoms with Crippen LogP contribution in [0.4, 0.5) is 11.4 Å². The monoisotopic (exact) mass is 238 g/mol. The first-order valence-corrected chi connectivity index (χ1v) is 5.65. The Morgan fingerprint density at radius 1 is 1.59 bits per heavy atom. The summed E-state index contributed by atoms with van der Waals surface area (Å²) in [5.41, 5.74) is 7.55. The molecule has 1 aromatic rings. The van der Waals surface area contributed by atoms with Crippen molar-refractivity contribution in [1.29, 1.82) is 0 Å². The minimum atomic E-state index is -0.0434. The van der Waals surface area contributed by atoms with Crippen molar-refractivity contribution in [3.63, 3.8) is 0 Å². The summed E-state index contributed by atoms with van der Waals surface area (Å²) in [4.78, 5) is 2.07. The molecule has 94 valence electrons. The summed E-state index contributed by atoms with van der Waals surface area (Å²) in [5.74, 6) is 0.761. The highest BCUT2D eigenvalue weighted by molar-refractivity contribution is 5.70. The number of nitrogens with two attached hydrogens (primary N) is 1. The number of nitrogen functional groups attached to an aromatic ring is 1. The second-order valence-electron chi connectivity index (χ2n) is 4.03. The van der Waals surface area contributed by atoms with Crippen LogP contribution in [0.3, 0.4) is 0 Å². The molecule has 0 aliphatic carbocycles. The van der Waals surface area contributed by atoms with Crippen molar-refractivity contribution in [3.05, 3.63) is 18.2 Å². The van der Waals surface area contributed by atoms with Gasteiger partial charge in [-0.25, -0.2) is 0 Å². The highest BCUT2D eigenvalue weighted by Gasteiger charge is 2.24. The summed E-state index contributed by atoms with van der Waals surface area (Å²) in [6.07, 6.45) is 0. The molecule has 17 heavy (non-hydrogen) atoms. The van der Waals surface area contributed by atoms with E-state index >= 15 is 0 Å². The molecule has 1 heterocycles. The van der Waals surface area contributed by atoms with Crippen molar-refractivity contribution in [2.75, 3.05) is 44.1 Å². The zero-order chi connectivity index (χ0) is 12.3. The molecular formula is C12H18N2O3. The van der Waals surface area contributed by atoms with Gasteiger partial charge in [-0.2, -0.15) is 0 Å². The quantitative estimate of drug-likeness (QED) is 0.749. The molecule has 0 aromatic heterocycles. The summed E-state index contributed by atoms with van der Waals surface area (Å²) in [6, 6.07) is 5.49. The van der Waals surface area contributed by atoms with Crippen LogP contribution in [0.5, 0.6) is 5.75 Å². The third-order valence-electron chi connectivity index (χ3n) is 2.99. The maximum atomic E-state index is 9.35. The molecule has 1 unspecified atom stereocenters. The first kappa shape index (κ1) is 12.0. The van der Waals surface area contributed by atoms with Gasteiger partial charge >= 0.3 is 0 Å². The number of benzene rings is 1. The fourth-order valence-electron chi connectivity index (χ4n) is 2.02. The predicted molar refractivity (Wildman–Crippen MR) is 66.4 cm³/mol. The smallest absolute Gasteiger partial charge is 0.121 e. The number of morpholine rings is 1. The van der Waals surface area contributed by atoms with Crippen LogP contribution in [0.15, 0.2) is 18.2 Å². The molecule has 0 radical (unpaired) electrons. The van der Waals surface area contributed by atoms with Crippen molar-refractivity contribution >= 4 is 11.4 Å². The zero-order valence-electron chi connectivity index (χ0n) is 9.93. The maximum absolute atomic E-state index is 9.35. The second kappa shape index (κ2) is 5.25. The lowest BCUT2D eigenvalue weighted by molar-refractivity contribution is 0.0727. The van der Waals surface area contributed by atoms with Crippen molar-refractivity contribution < 1.29 is 14.6 Å². The van der Waals surface area contributed by atoms with E-state index in [9.17, 15) is 5.11 Å². The Balaban J connectivity index is 2.30. The van der Waals surface area contributed by atoms with Crippen LogP contribution in [-0.2, 0) is 4.74 Å². The van der Waals surface area contributed by atoms with Crippen molar-refractivity contribution in [2.45, 2.75) is 6.04 Å². The Morgan fingerprint density at radius 2 is 2.41 bits per heavy atom. The molecule has 0 spiro atoms. The van der Waals surface area contributed by atoms with Crippen molar-refractivity contribution in [2.24, 2.45) is 0 Å². The molecule has 0 bridgehead atoms. The van der Waals surface area contributed by atoms with Crippen LogP contribution in [0.1, 0.15) is 0 Å². The summed E-state index contributed by atoms with van der Waals surface area (Å²) in [6.45, 7) is 1.94. The predicted octanol–water partition coefficient (Wildman–Crippen LogP) is 0.475. The molecule has 2 rings (SSSR count). The van der Waals surface area contributed by atoms with E-state index in [-0.39, 0.29) is 12.6 Å². The zero-order valence-corrected chi connectivity index (χ0v) is 9.93. The Bertz CT molecular complexity index is 384. The number of methoxy groups -OCH3 is 1. The van der Waals surface area contributed by atoms with Crippen LogP contribution < -0.4 is 15.4 Å². The normalized spacial score (nSPS) is 20.4. The van der Waals surface area contributed by atoms with Crippen molar-refractivity contribution in [1.82, 2.24) is 0 Å². The number of anilines is 2. The first-order chi connectivity index (χ1) is 8.26. The van der Waals surface area contributed by atoms with Crippen LogP contribution in [0.25, 0.3) is 0 Å². The second-order valence-corrected chi connectivity index (χ2v) is 4.03. The summed E-state index contributed by atoms with van der Waals surface area (Å²) < 4.78 is 10.5. The lowest BCUT2D eigenvalue weighted by Gasteiger charge is -2.37. The van der Waals surface area contributed by atoms with Gasteiger partial charge in [0.2, 0.25) is 0 Å². The molecule has 1 saturated heterocycles. The number of hydrogen-bond donors (Lipinski definition) is 2. The van der Waals surface area contributed by atoms with E-state index in [2.05, 4.69) is 4.90 Å². The number of aliphatic hydroxyl groups is 1. The topological polar surface area (TPSA) is 68.0 Å². The first-order valence-electron chi connectivity index (χ1n) is 5.65. The van der Waals surface area contributed by atoms with E-state index in [1.165, 1.54) is 0 Å². The minimum Gasteiger partial charge on any atom is -0.497 e. The van der Waals surface area contributed by atoms with Gasteiger partial charge in [0.15, 0.2) is 0 Å². The number of hydrogen-bond acceptors (Lipinski definition) is 5. The Kier molecular flexibility index (Phi) is 3.71. The van der Waals surface area contributed by atoms with Gasteiger partial charge in [0.1, 0.15) is 5.75 Å². The van der Waals surface area contributed by atoms with Crippen molar-refractivity contribution in [3.8, 4) is 5.75 Å². The number of rotatable bonds is 3. The van der Waals surface area contributed by atoms with Gasteiger partial charge < -0.3 is 25.2 Å². The molecule has 1 atom stereocenters. The van der Waals surface area contributed by atoms with E-state index in [4.69, 9.17) is 15.2 Å². The average molecular weight is 238 g/mol. The van der Waals surface area contributed by atoms with E-state index in [1.54, 1.807) is 7.11 Å². The van der Waals surface area contributed by atoms with Gasteiger partial charge in [0.05, 0.1) is 44.3 Å². The van der Waals surface area contributed by atoms with Crippen LogP contribution in [-0.4, -0.2) is 44.6 Å². The molecular weight excluding hydrogens is 220 g/mol. The van der Waals surface area contributed by atoms with Crippen LogP contribution >= 0.6 is 0 Å². The molecule has 1 aliphatic rings. The standard InChI is InChI=1S/C12H18N2O3/c1-16-10-2-3-11(13)12(6-10)14-4-5-17-8-9(14)7-15/h2-3,6,9,15H,4-5,7-8,13H2,1H3. The maximum Gasteiger partial charge on any atom is 0.121 e. The molecule has 1 fully saturated rings. The number of nitrogens with zero attached hydrogens (tertiary/aromatic N) is 1. The van der Waals surface area contributed by atoms with E-state index in [0.29, 0.717) is 18.9 Å². The Labute approximate surface area is 101 Å². The molecule has 1 aliphatic heterocycles. The average Bonchev–Trinajstić information content (AvgIpc) is 2.39. The highest BCUT2D eigenvalue weighted by atomic mass is 16.5. The molecule has 5 heteroatoms. The van der Waals surface area contributed by atoms with Crippen LogP contribution in [0.2, 0.25) is 0 Å². The van der Waals surface area contributed by atoms with E-state index in [1.807, 2.05) is 18.2 Å². The largest absolute Gasteiger partial charge is 0.497 e. The lowest BCUT2D eigenvalue weighted by atomic mass is 10.1. The SMILES string of the molecule is COc1ccc(N)c(N2CCOCC2CO)c1. The van der Waals surface area contributed by atoms with Gasteiger partial charge in [-0.05, 0) is 12.1 Å². The molecule has 5 nitrogen and oxygen atoms in total. The third-order valence-corrected chi connectivity index (χ3v) is 2.99. The number of aliphatic hydroxyl groups excluding tert-OH is 1. The Hall–Kier alpha value is -1.46. The highest BCUT2D eigenvalue weighted by Crippen LogP contribution is 2.30. The molecule has 1 aromatic carbocycles. The summed E-state index contributed by atoms with van der Waals surface area (Å²) in [5, 5.41) is 9.35. The fourth-order valence-corrected chi connectivity index (χ4v) is 2.02. The Morgan fingerprint density at radius 3 is 3.12 bits per heavy atom. The summed E-state index contributed by atoms with van der Waals surface area (Å²) >= 11 is 0. The summed E-state index contributed by atoms with van der Waals surface area (Å²) in [7, 11) is 1.62. The van der Waals surface area contributed by atoms with Crippen LogP contribution in [0, 0.1) is 0 Å². The van der Waals surface area contributed by atoms with Gasteiger partial charge in [-0.15, -0.1) is 0 Å². The molecule has 3 N–H and O–H groups in total. The van der Waals surface area contributed by atoms with Gasteiger partial charge in [-0.1, -0.05) is 0 Å². The lowest BCUT2D eigenvalue weighted by Crippen LogP contribution is -2.47. The molecule has 0 saturated carbocycles. The van der Waals surface area contributed by atoms with Gasteiger partial charge in [0.25, 0.3) is 0 Å². The van der Waals surface area contributed by atoms with E-state index in [0.717, 1.165) is 18.0 Å². The van der Waals surface area contributed by atoms with Gasteiger partial charge in [0, 0.05) is 12.6 Å². The minimum absolute atomic E-state index is 0.0434. The fraction of sp³-hybridized carbons (Fsp3) is 0.500. The van der Waals surface area contributed by atoms with E-state index < -0.39 is 0 Å².